The van der Waals surface area contributed by atoms with E-state index in [0.29, 0.717) is 26.1 Å². The van der Waals surface area contributed by atoms with E-state index in [1.165, 1.54) is 6.26 Å². The standard InChI is InChI=1S/C18H26N2O5/c1-4-24-18(23)13-7-5-9-20(11-13)17(22)15(12(2)3)19-16(21)14-8-6-10-25-14/h6,8,10,12-13,15H,4-5,7,9,11H2,1-3H3,(H,19,21)/t13-,15+/m0/s1. The van der Waals surface area contributed by atoms with Crippen LogP contribution in [0.2, 0.25) is 0 Å². The molecule has 7 nitrogen and oxygen atoms in total. The Balaban J connectivity index is 2.03. The maximum atomic E-state index is 12.9. The zero-order chi connectivity index (χ0) is 18.4. The molecule has 1 aliphatic rings. The van der Waals surface area contributed by atoms with Gasteiger partial charge in [-0.05, 0) is 37.8 Å². The molecule has 1 aliphatic heterocycles. The summed E-state index contributed by atoms with van der Waals surface area (Å²) in [4.78, 5) is 38.7. The average Bonchev–Trinajstić information content (AvgIpc) is 3.13. The van der Waals surface area contributed by atoms with Crippen LogP contribution in [0, 0.1) is 11.8 Å². The number of rotatable bonds is 6. The molecule has 2 rings (SSSR count). The Labute approximate surface area is 147 Å². The number of carbonyl (C=O) groups excluding carboxylic acids is 3. The van der Waals surface area contributed by atoms with Gasteiger partial charge in [-0.1, -0.05) is 13.8 Å². The highest BCUT2D eigenvalue weighted by atomic mass is 16.5. The minimum absolute atomic E-state index is 0.0885. The minimum Gasteiger partial charge on any atom is -0.466 e. The number of likely N-dealkylation sites (tertiary alicyclic amines) is 1. The van der Waals surface area contributed by atoms with Gasteiger partial charge >= 0.3 is 5.97 Å². The van der Waals surface area contributed by atoms with Gasteiger partial charge in [0.15, 0.2) is 5.76 Å². The molecule has 7 heteroatoms. The van der Waals surface area contributed by atoms with Crippen LogP contribution in [0.4, 0.5) is 0 Å². The van der Waals surface area contributed by atoms with Gasteiger partial charge in [0.05, 0.1) is 18.8 Å². The summed E-state index contributed by atoms with van der Waals surface area (Å²) in [5, 5.41) is 2.75. The molecule has 0 saturated carbocycles. The van der Waals surface area contributed by atoms with Gasteiger partial charge in [-0.3, -0.25) is 14.4 Å². The second-order valence-electron chi connectivity index (χ2n) is 6.55. The summed E-state index contributed by atoms with van der Waals surface area (Å²) in [6.07, 6.45) is 2.87. The van der Waals surface area contributed by atoms with Gasteiger partial charge in [-0.2, -0.15) is 0 Å². The van der Waals surface area contributed by atoms with Crippen molar-refractivity contribution in [3.63, 3.8) is 0 Å². The van der Waals surface area contributed by atoms with E-state index in [4.69, 9.17) is 9.15 Å². The molecule has 0 spiro atoms. The Morgan fingerprint density at radius 2 is 2.16 bits per heavy atom. The van der Waals surface area contributed by atoms with Gasteiger partial charge in [0.2, 0.25) is 5.91 Å². The third-order valence-corrected chi connectivity index (χ3v) is 4.32. The van der Waals surface area contributed by atoms with Crippen molar-refractivity contribution in [3.8, 4) is 0 Å². The molecule has 1 fully saturated rings. The summed E-state index contributed by atoms with van der Waals surface area (Å²) >= 11 is 0. The number of esters is 1. The third-order valence-electron chi connectivity index (χ3n) is 4.32. The minimum atomic E-state index is -0.668. The van der Waals surface area contributed by atoms with Crippen molar-refractivity contribution >= 4 is 17.8 Å². The molecule has 138 valence electrons. The van der Waals surface area contributed by atoms with E-state index in [9.17, 15) is 14.4 Å². The van der Waals surface area contributed by atoms with Crippen molar-refractivity contribution in [2.75, 3.05) is 19.7 Å². The summed E-state index contributed by atoms with van der Waals surface area (Å²) in [6, 6.07) is 2.50. The van der Waals surface area contributed by atoms with Gasteiger partial charge in [-0.15, -0.1) is 0 Å². The molecule has 0 aliphatic carbocycles. The van der Waals surface area contributed by atoms with Gasteiger partial charge in [0.1, 0.15) is 6.04 Å². The van der Waals surface area contributed by atoms with E-state index in [1.807, 2.05) is 13.8 Å². The normalized spacial score (nSPS) is 18.7. The fourth-order valence-corrected chi connectivity index (χ4v) is 2.96. The molecular weight excluding hydrogens is 324 g/mol. The zero-order valence-corrected chi connectivity index (χ0v) is 15.0. The lowest BCUT2D eigenvalue weighted by atomic mass is 9.95. The van der Waals surface area contributed by atoms with Gasteiger partial charge in [0, 0.05) is 13.1 Å². The van der Waals surface area contributed by atoms with Crippen LogP contribution in [0.15, 0.2) is 22.8 Å². The van der Waals surface area contributed by atoms with E-state index in [0.717, 1.165) is 6.42 Å². The maximum absolute atomic E-state index is 12.9. The van der Waals surface area contributed by atoms with Crippen molar-refractivity contribution in [3.05, 3.63) is 24.2 Å². The smallest absolute Gasteiger partial charge is 0.310 e. The van der Waals surface area contributed by atoms with Crippen LogP contribution in [0.25, 0.3) is 0 Å². The number of nitrogens with one attached hydrogen (secondary N) is 1. The van der Waals surface area contributed by atoms with E-state index in [2.05, 4.69) is 5.32 Å². The maximum Gasteiger partial charge on any atom is 0.310 e. The first kappa shape index (κ1) is 19.0. The number of furan rings is 1. The van der Waals surface area contributed by atoms with Crippen LogP contribution in [-0.4, -0.2) is 48.4 Å². The lowest BCUT2D eigenvalue weighted by Gasteiger charge is -2.35. The number of hydrogen-bond acceptors (Lipinski definition) is 5. The van der Waals surface area contributed by atoms with E-state index >= 15 is 0 Å². The monoisotopic (exact) mass is 350 g/mol. The number of amides is 2. The number of piperidine rings is 1. The van der Waals surface area contributed by atoms with Crippen LogP contribution in [0.3, 0.4) is 0 Å². The van der Waals surface area contributed by atoms with Crippen LogP contribution in [0.5, 0.6) is 0 Å². The van der Waals surface area contributed by atoms with Crippen LogP contribution < -0.4 is 5.32 Å². The summed E-state index contributed by atoms with van der Waals surface area (Å²) in [6.45, 7) is 6.75. The molecule has 0 unspecified atom stereocenters. The number of hydrogen-bond donors (Lipinski definition) is 1. The fraction of sp³-hybridized carbons (Fsp3) is 0.611. The van der Waals surface area contributed by atoms with E-state index in [-0.39, 0.29) is 29.5 Å². The number of ether oxygens (including phenoxy) is 1. The molecule has 2 amide bonds. The topological polar surface area (TPSA) is 88.9 Å². The average molecular weight is 350 g/mol. The molecule has 25 heavy (non-hydrogen) atoms. The largest absolute Gasteiger partial charge is 0.466 e. The predicted molar refractivity (Wildman–Crippen MR) is 90.7 cm³/mol. The van der Waals surface area contributed by atoms with Gasteiger partial charge < -0.3 is 19.4 Å². The molecule has 1 N–H and O–H groups in total. The zero-order valence-electron chi connectivity index (χ0n) is 15.0. The Morgan fingerprint density at radius 1 is 1.40 bits per heavy atom. The first-order chi connectivity index (χ1) is 11.9. The highest BCUT2D eigenvalue weighted by molar-refractivity contribution is 5.95. The van der Waals surface area contributed by atoms with Crippen molar-refractivity contribution < 1.29 is 23.5 Å². The molecule has 0 aromatic carbocycles. The highest BCUT2D eigenvalue weighted by Crippen LogP contribution is 2.20. The molecule has 1 saturated heterocycles. The van der Waals surface area contributed by atoms with Gasteiger partial charge in [0.25, 0.3) is 5.91 Å². The fourth-order valence-electron chi connectivity index (χ4n) is 2.96. The first-order valence-corrected chi connectivity index (χ1v) is 8.73. The summed E-state index contributed by atoms with van der Waals surface area (Å²) in [5.74, 6) is -1.08. The van der Waals surface area contributed by atoms with Crippen molar-refractivity contribution in [2.24, 2.45) is 11.8 Å². The molecule has 0 radical (unpaired) electrons. The van der Waals surface area contributed by atoms with Crippen molar-refractivity contribution in [1.82, 2.24) is 10.2 Å². The van der Waals surface area contributed by atoms with Crippen molar-refractivity contribution in [1.29, 1.82) is 0 Å². The number of nitrogens with zero attached hydrogens (tertiary/aromatic N) is 1. The number of carbonyl (C=O) groups is 3. The molecule has 2 atom stereocenters. The van der Waals surface area contributed by atoms with Gasteiger partial charge in [-0.25, -0.2) is 0 Å². The SMILES string of the molecule is CCOC(=O)[C@H]1CCCN(C(=O)[C@H](NC(=O)c2ccco2)C(C)C)C1. The summed E-state index contributed by atoms with van der Waals surface area (Å²) < 4.78 is 10.2. The molecule has 1 aromatic rings. The van der Waals surface area contributed by atoms with Crippen LogP contribution in [0.1, 0.15) is 44.2 Å². The molecule has 2 heterocycles. The second kappa shape index (κ2) is 8.69. The van der Waals surface area contributed by atoms with Crippen LogP contribution in [-0.2, 0) is 14.3 Å². The molecule has 1 aromatic heterocycles. The lowest BCUT2D eigenvalue weighted by Crippen LogP contribution is -2.54. The Bertz CT molecular complexity index is 597. The second-order valence-corrected chi connectivity index (χ2v) is 6.55. The quantitative estimate of drug-likeness (QED) is 0.791. The lowest BCUT2D eigenvalue weighted by molar-refractivity contribution is -0.151. The highest BCUT2D eigenvalue weighted by Gasteiger charge is 2.34. The Kier molecular flexibility index (Phi) is 6.61. The van der Waals surface area contributed by atoms with E-state index < -0.39 is 11.9 Å². The Hall–Kier alpha value is -2.31. The van der Waals surface area contributed by atoms with E-state index in [1.54, 1.807) is 24.0 Å². The van der Waals surface area contributed by atoms with Crippen molar-refractivity contribution in [2.45, 2.75) is 39.7 Å². The predicted octanol–water partition coefficient (Wildman–Crippen LogP) is 1.84. The molecule has 0 bridgehead atoms. The summed E-state index contributed by atoms with van der Waals surface area (Å²) in [5.41, 5.74) is 0. The first-order valence-electron chi connectivity index (χ1n) is 8.73. The molecular formula is C18H26N2O5. The van der Waals surface area contributed by atoms with Crippen LogP contribution >= 0.6 is 0 Å². The third kappa shape index (κ3) is 4.84. The Morgan fingerprint density at radius 3 is 2.76 bits per heavy atom. The summed E-state index contributed by atoms with van der Waals surface area (Å²) in [7, 11) is 0.